The van der Waals surface area contributed by atoms with Crippen molar-refractivity contribution in [2.24, 2.45) is 0 Å². The van der Waals surface area contributed by atoms with Gasteiger partial charge < -0.3 is 9.84 Å². The summed E-state index contributed by atoms with van der Waals surface area (Å²) in [5, 5.41) is 8.65. The number of aliphatic hydroxyl groups excluding tert-OH is 1. The van der Waals surface area contributed by atoms with E-state index in [0.29, 0.717) is 0 Å². The standard InChI is InChI=1S/C5H10INO2/c6-7-1-2-9-5(3-7)4-8/h5,8H,1-4H2/t5-/m0/s1. The molecule has 0 bridgehead atoms. The van der Waals surface area contributed by atoms with Gasteiger partial charge in [0.2, 0.25) is 0 Å². The number of aliphatic hydroxyl groups is 1. The van der Waals surface area contributed by atoms with Crippen LogP contribution in [0.1, 0.15) is 0 Å². The topological polar surface area (TPSA) is 32.7 Å². The fraction of sp³-hybridized carbons (Fsp3) is 1.00. The molecule has 3 nitrogen and oxygen atoms in total. The van der Waals surface area contributed by atoms with Crippen LogP contribution in [0.2, 0.25) is 0 Å². The monoisotopic (exact) mass is 243 g/mol. The van der Waals surface area contributed by atoms with E-state index in [2.05, 4.69) is 26.0 Å². The van der Waals surface area contributed by atoms with Gasteiger partial charge in [-0.3, -0.25) is 0 Å². The lowest BCUT2D eigenvalue weighted by atomic mass is 10.3. The molecule has 0 aromatic carbocycles. The molecule has 54 valence electrons. The van der Waals surface area contributed by atoms with Gasteiger partial charge in [-0.1, -0.05) is 0 Å². The molecule has 1 aliphatic rings. The molecule has 0 spiro atoms. The molecule has 4 heteroatoms. The van der Waals surface area contributed by atoms with Crippen LogP contribution in [0.25, 0.3) is 0 Å². The molecule has 0 aromatic heterocycles. The lowest BCUT2D eigenvalue weighted by Gasteiger charge is -2.26. The number of ether oxygens (including phenoxy) is 1. The van der Waals surface area contributed by atoms with E-state index in [9.17, 15) is 0 Å². The maximum absolute atomic E-state index is 8.65. The Kier molecular flexibility index (Phi) is 3.17. The Morgan fingerprint density at radius 1 is 1.78 bits per heavy atom. The Labute approximate surface area is 68.5 Å². The van der Waals surface area contributed by atoms with Gasteiger partial charge >= 0.3 is 0 Å². The van der Waals surface area contributed by atoms with Crippen LogP contribution in [-0.4, -0.2) is 40.6 Å². The fourth-order valence-electron chi connectivity index (χ4n) is 0.794. The smallest absolute Gasteiger partial charge is 0.0941 e. The van der Waals surface area contributed by atoms with Crippen molar-refractivity contribution >= 4 is 22.9 Å². The van der Waals surface area contributed by atoms with Crippen molar-refractivity contribution in [3.63, 3.8) is 0 Å². The number of hydrogen-bond donors (Lipinski definition) is 1. The predicted molar refractivity (Wildman–Crippen MR) is 42.4 cm³/mol. The number of morpholine rings is 1. The first kappa shape index (κ1) is 7.71. The Morgan fingerprint density at radius 2 is 2.56 bits per heavy atom. The highest BCUT2D eigenvalue weighted by molar-refractivity contribution is 14.1. The maximum atomic E-state index is 8.65. The molecule has 1 rings (SSSR count). The van der Waals surface area contributed by atoms with Crippen LogP contribution in [0.3, 0.4) is 0 Å². The molecular weight excluding hydrogens is 233 g/mol. The van der Waals surface area contributed by atoms with Crippen molar-refractivity contribution in [3.05, 3.63) is 0 Å². The van der Waals surface area contributed by atoms with Crippen molar-refractivity contribution < 1.29 is 9.84 Å². The molecule has 9 heavy (non-hydrogen) atoms. The summed E-state index contributed by atoms with van der Waals surface area (Å²) in [5.41, 5.74) is 0. The molecule has 1 fully saturated rings. The molecule has 0 saturated carbocycles. The molecule has 0 aliphatic carbocycles. The van der Waals surface area contributed by atoms with Crippen LogP contribution in [-0.2, 0) is 4.74 Å². The van der Waals surface area contributed by atoms with Gasteiger partial charge in [0.15, 0.2) is 0 Å². The van der Waals surface area contributed by atoms with E-state index in [4.69, 9.17) is 9.84 Å². The molecule has 1 saturated heterocycles. The maximum Gasteiger partial charge on any atom is 0.0941 e. The molecule has 0 radical (unpaired) electrons. The summed E-state index contributed by atoms with van der Waals surface area (Å²) in [5.74, 6) is 0. The summed E-state index contributed by atoms with van der Waals surface area (Å²) in [6.45, 7) is 2.70. The van der Waals surface area contributed by atoms with Crippen molar-refractivity contribution in [3.8, 4) is 0 Å². The predicted octanol–water partition coefficient (Wildman–Crippen LogP) is 0.0295. The first-order valence-corrected chi connectivity index (χ1v) is 3.92. The van der Waals surface area contributed by atoms with Gasteiger partial charge in [-0.2, -0.15) is 0 Å². The summed E-state index contributed by atoms with van der Waals surface area (Å²) in [4.78, 5) is 0. The van der Waals surface area contributed by atoms with E-state index < -0.39 is 0 Å². The molecule has 1 atom stereocenters. The summed E-state index contributed by atoms with van der Waals surface area (Å²) < 4.78 is 7.33. The van der Waals surface area contributed by atoms with Crippen LogP contribution in [0.4, 0.5) is 0 Å². The van der Waals surface area contributed by atoms with Crippen molar-refractivity contribution in [1.82, 2.24) is 3.11 Å². The molecular formula is C5H10INO2. The van der Waals surface area contributed by atoms with Crippen LogP contribution >= 0.6 is 22.9 Å². The van der Waals surface area contributed by atoms with Crippen LogP contribution < -0.4 is 0 Å². The highest BCUT2D eigenvalue weighted by Crippen LogP contribution is 2.07. The van der Waals surface area contributed by atoms with Gasteiger partial charge in [0.25, 0.3) is 0 Å². The molecule has 1 aliphatic heterocycles. The Balaban J connectivity index is 2.23. The molecule has 0 unspecified atom stereocenters. The average molecular weight is 243 g/mol. The minimum Gasteiger partial charge on any atom is -0.394 e. The lowest BCUT2D eigenvalue weighted by Crippen LogP contribution is -2.38. The third kappa shape index (κ3) is 2.37. The third-order valence-electron chi connectivity index (χ3n) is 1.29. The summed E-state index contributed by atoms with van der Waals surface area (Å²) in [6, 6.07) is 0. The van der Waals surface area contributed by atoms with E-state index in [1.165, 1.54) is 0 Å². The minimum absolute atomic E-state index is 0.0376. The minimum atomic E-state index is 0.0376. The Hall–Kier alpha value is 0.610. The zero-order valence-corrected chi connectivity index (χ0v) is 7.24. The van der Waals surface area contributed by atoms with Gasteiger partial charge in [0, 0.05) is 36.0 Å². The zero-order valence-electron chi connectivity index (χ0n) is 5.09. The second-order valence-corrected chi connectivity index (χ2v) is 3.41. The van der Waals surface area contributed by atoms with E-state index in [-0.39, 0.29) is 12.7 Å². The number of nitrogens with zero attached hydrogens (tertiary/aromatic N) is 1. The number of hydrogen-bond acceptors (Lipinski definition) is 3. The third-order valence-corrected chi connectivity index (χ3v) is 2.17. The lowest BCUT2D eigenvalue weighted by molar-refractivity contribution is -0.0238. The molecule has 1 heterocycles. The van der Waals surface area contributed by atoms with Gasteiger partial charge in [-0.25, -0.2) is 3.11 Å². The second kappa shape index (κ2) is 3.70. The summed E-state index contributed by atoms with van der Waals surface area (Å²) >= 11 is 2.24. The summed E-state index contributed by atoms with van der Waals surface area (Å²) in [6.07, 6.45) is 0.0376. The van der Waals surface area contributed by atoms with Gasteiger partial charge in [0.1, 0.15) is 0 Å². The van der Waals surface area contributed by atoms with E-state index >= 15 is 0 Å². The van der Waals surface area contributed by atoms with Gasteiger partial charge in [0.05, 0.1) is 19.3 Å². The quantitative estimate of drug-likeness (QED) is 0.521. The molecule has 0 amide bonds. The highest BCUT2D eigenvalue weighted by Gasteiger charge is 2.16. The van der Waals surface area contributed by atoms with E-state index in [1.54, 1.807) is 0 Å². The first-order valence-electron chi connectivity index (χ1n) is 2.96. The van der Waals surface area contributed by atoms with E-state index in [0.717, 1.165) is 19.7 Å². The highest BCUT2D eigenvalue weighted by atomic mass is 127. The molecule has 1 N–H and O–H groups in total. The van der Waals surface area contributed by atoms with Gasteiger partial charge in [-0.15, -0.1) is 0 Å². The number of halogens is 1. The van der Waals surface area contributed by atoms with Crippen LogP contribution in [0.15, 0.2) is 0 Å². The SMILES string of the molecule is OC[C@@H]1CN(I)CCO1. The largest absolute Gasteiger partial charge is 0.394 e. The zero-order chi connectivity index (χ0) is 6.69. The summed E-state index contributed by atoms with van der Waals surface area (Å²) in [7, 11) is 0. The fourth-order valence-corrected chi connectivity index (χ4v) is 1.43. The second-order valence-electron chi connectivity index (χ2n) is 2.04. The normalized spacial score (nSPS) is 30.7. The van der Waals surface area contributed by atoms with Crippen molar-refractivity contribution in [2.45, 2.75) is 6.10 Å². The number of rotatable bonds is 1. The van der Waals surface area contributed by atoms with Crippen LogP contribution in [0.5, 0.6) is 0 Å². The van der Waals surface area contributed by atoms with Crippen molar-refractivity contribution in [2.75, 3.05) is 26.3 Å². The van der Waals surface area contributed by atoms with Gasteiger partial charge in [-0.05, 0) is 0 Å². The first-order chi connectivity index (χ1) is 4.33. The molecule has 0 aromatic rings. The van der Waals surface area contributed by atoms with Crippen molar-refractivity contribution in [1.29, 1.82) is 0 Å². The Bertz CT molecular complexity index is 91.0. The van der Waals surface area contributed by atoms with E-state index in [1.807, 2.05) is 0 Å². The average Bonchev–Trinajstić information content (AvgIpc) is 1.88. The Morgan fingerprint density at radius 3 is 3.00 bits per heavy atom. The van der Waals surface area contributed by atoms with Crippen LogP contribution in [0, 0.1) is 0 Å².